The maximum Gasteiger partial charge on any atom is 0.416 e. The van der Waals surface area contributed by atoms with E-state index >= 15 is 0 Å². The van der Waals surface area contributed by atoms with Gasteiger partial charge in [0, 0.05) is 31.5 Å². The lowest BCUT2D eigenvalue weighted by Crippen LogP contribution is -2.04. The molecule has 0 saturated carbocycles. The monoisotopic (exact) mass is 524 g/mol. The van der Waals surface area contributed by atoms with E-state index in [4.69, 9.17) is 9.84 Å². The molecule has 5 aromatic rings. The maximum atomic E-state index is 14.9. The molecule has 0 spiro atoms. The Kier molecular flexibility index (Phi) is 7.77. The second-order valence-corrected chi connectivity index (χ2v) is 7.88. The number of fused-ring (bicyclic) bond motifs is 1. The Balaban J connectivity index is 0.00000164. The van der Waals surface area contributed by atoms with Crippen LogP contribution < -0.4 is 4.74 Å². The molecule has 0 unspecified atom stereocenters. The Labute approximate surface area is 213 Å². The molecule has 2 N–H and O–H groups in total. The molecule has 3 aromatic carbocycles. The number of halogens is 4. The zero-order chi connectivity index (χ0) is 27.3. The molecule has 7 nitrogen and oxygen atoms in total. The lowest BCUT2D eigenvalue weighted by atomic mass is 10.1. The third kappa shape index (κ3) is 5.84. The predicted octanol–water partition coefficient (Wildman–Crippen LogP) is 5.99. The number of aromatic nitrogens is 4. The first-order valence-corrected chi connectivity index (χ1v) is 11.1. The van der Waals surface area contributed by atoms with Crippen LogP contribution in [0.2, 0.25) is 0 Å². The summed E-state index contributed by atoms with van der Waals surface area (Å²) in [6, 6.07) is 14.5. The molecule has 2 heterocycles. The molecule has 11 heteroatoms. The number of carbonyl (C=O) groups excluding carboxylic acids is 1. The summed E-state index contributed by atoms with van der Waals surface area (Å²) in [6.45, 7) is 0. The molecule has 38 heavy (non-hydrogen) atoms. The minimum atomic E-state index is -4.49. The average Bonchev–Trinajstić information content (AvgIpc) is 3.34. The molecule has 0 amide bonds. The van der Waals surface area contributed by atoms with Gasteiger partial charge >= 0.3 is 12.2 Å². The third-order valence-corrected chi connectivity index (χ3v) is 5.45. The highest BCUT2D eigenvalue weighted by molar-refractivity contribution is 5.80. The van der Waals surface area contributed by atoms with Crippen molar-refractivity contribution < 1.29 is 32.2 Å². The van der Waals surface area contributed by atoms with E-state index in [0.717, 1.165) is 31.1 Å². The van der Waals surface area contributed by atoms with Crippen LogP contribution in [0.25, 0.3) is 33.5 Å². The predicted molar refractivity (Wildman–Crippen MR) is 132 cm³/mol. The number of hydrogen-bond donors (Lipinski definition) is 2. The fourth-order valence-corrected chi connectivity index (χ4v) is 3.61. The highest BCUT2D eigenvalue weighted by atomic mass is 19.4. The summed E-state index contributed by atoms with van der Waals surface area (Å²) in [7, 11) is 1.00. The van der Waals surface area contributed by atoms with Crippen LogP contribution in [-0.4, -0.2) is 38.4 Å². The molecule has 0 radical (unpaired) electrons. The van der Waals surface area contributed by atoms with Crippen LogP contribution in [0, 0.1) is 5.82 Å². The molecule has 0 fully saturated rings. The number of ether oxygens (including phenoxy) is 1. The Morgan fingerprint density at radius 3 is 2.29 bits per heavy atom. The van der Waals surface area contributed by atoms with Gasteiger partial charge in [-0.3, -0.25) is 0 Å². The molecule has 194 valence electrons. The van der Waals surface area contributed by atoms with Crippen LogP contribution >= 0.6 is 0 Å². The molecule has 5 rings (SSSR count). The minimum Gasteiger partial charge on any atom is -0.424 e. The lowest BCUT2D eigenvalue weighted by Gasteiger charge is -2.07. The van der Waals surface area contributed by atoms with Gasteiger partial charge in [0.25, 0.3) is 0 Å². The second kappa shape index (κ2) is 11.2. The number of imidazole rings is 1. The Morgan fingerprint density at radius 2 is 1.66 bits per heavy atom. The first kappa shape index (κ1) is 26.4. The van der Waals surface area contributed by atoms with Gasteiger partial charge in [-0.25, -0.2) is 19.3 Å². The standard InChI is InChI=1S/C26H16F4N4O2.CH4O/c27-21-11-16(17-13-31-25(32-14-17)36-19-5-1-15(2-6-19)9-10-35)3-7-20(21)24-33-22-8-4-18(26(28,29)30)12-23(22)34-24;1-2/h1-8,10-14H,9H2,(H,33,34);2H,1H3. The van der Waals surface area contributed by atoms with Crippen molar-refractivity contribution in [1.82, 2.24) is 19.9 Å². The van der Waals surface area contributed by atoms with Crippen molar-refractivity contribution in [3.63, 3.8) is 0 Å². The second-order valence-electron chi connectivity index (χ2n) is 7.88. The van der Waals surface area contributed by atoms with Crippen molar-refractivity contribution in [2.45, 2.75) is 12.6 Å². The molecular formula is C27H20F4N4O3. The number of alkyl halides is 3. The molecule has 0 bridgehead atoms. The van der Waals surface area contributed by atoms with Crippen molar-refractivity contribution in [2.75, 3.05) is 7.11 Å². The van der Waals surface area contributed by atoms with Crippen LogP contribution in [0.5, 0.6) is 11.8 Å². The van der Waals surface area contributed by atoms with Crippen molar-refractivity contribution >= 4 is 17.3 Å². The lowest BCUT2D eigenvalue weighted by molar-refractivity contribution is -0.137. The number of nitrogens with one attached hydrogen (secondary N) is 1. The number of rotatable bonds is 6. The van der Waals surface area contributed by atoms with E-state index < -0.39 is 17.6 Å². The van der Waals surface area contributed by atoms with E-state index in [9.17, 15) is 22.4 Å². The Hall–Kier alpha value is -4.64. The summed E-state index contributed by atoms with van der Waals surface area (Å²) < 4.78 is 59.4. The summed E-state index contributed by atoms with van der Waals surface area (Å²) in [4.78, 5) is 25.9. The van der Waals surface area contributed by atoms with Gasteiger partial charge in [0.15, 0.2) is 0 Å². The Bertz CT molecular complexity index is 1550. The normalized spacial score (nSPS) is 11.1. The number of benzene rings is 3. The van der Waals surface area contributed by atoms with E-state index in [1.165, 1.54) is 30.6 Å². The summed E-state index contributed by atoms with van der Waals surface area (Å²) in [5.74, 6) is 0.00635. The first-order chi connectivity index (χ1) is 18.3. The van der Waals surface area contributed by atoms with E-state index in [1.807, 2.05) is 0 Å². The number of hydrogen-bond acceptors (Lipinski definition) is 6. The van der Waals surface area contributed by atoms with Gasteiger partial charge in [-0.1, -0.05) is 18.2 Å². The van der Waals surface area contributed by atoms with E-state index in [-0.39, 0.29) is 22.9 Å². The highest BCUT2D eigenvalue weighted by Gasteiger charge is 2.30. The number of carbonyl (C=O) groups is 1. The van der Waals surface area contributed by atoms with Crippen LogP contribution in [0.3, 0.4) is 0 Å². The van der Waals surface area contributed by atoms with Gasteiger partial charge in [-0.15, -0.1) is 0 Å². The van der Waals surface area contributed by atoms with Gasteiger partial charge in [0.05, 0.1) is 22.2 Å². The number of nitrogens with zero attached hydrogens (tertiary/aromatic N) is 3. The molecular weight excluding hydrogens is 504 g/mol. The molecule has 2 aromatic heterocycles. The number of aromatic amines is 1. The summed E-state index contributed by atoms with van der Waals surface area (Å²) in [6.07, 6.45) is -0.390. The van der Waals surface area contributed by atoms with E-state index in [0.29, 0.717) is 28.8 Å². The van der Waals surface area contributed by atoms with Crippen molar-refractivity contribution in [1.29, 1.82) is 0 Å². The number of aliphatic hydroxyl groups is 1. The van der Waals surface area contributed by atoms with Crippen LogP contribution in [0.1, 0.15) is 11.1 Å². The van der Waals surface area contributed by atoms with Gasteiger partial charge < -0.3 is 19.6 Å². The zero-order valence-corrected chi connectivity index (χ0v) is 19.8. The number of aldehydes is 1. The number of aliphatic hydroxyl groups excluding tert-OH is 1. The van der Waals surface area contributed by atoms with Gasteiger partial charge in [-0.2, -0.15) is 13.2 Å². The zero-order valence-electron chi connectivity index (χ0n) is 19.8. The highest BCUT2D eigenvalue weighted by Crippen LogP contribution is 2.33. The van der Waals surface area contributed by atoms with Crippen LogP contribution in [-0.2, 0) is 17.4 Å². The smallest absolute Gasteiger partial charge is 0.416 e. The summed E-state index contributed by atoms with van der Waals surface area (Å²) in [5, 5.41) is 7.00. The fourth-order valence-electron chi connectivity index (χ4n) is 3.61. The van der Waals surface area contributed by atoms with Gasteiger partial charge in [0.1, 0.15) is 23.7 Å². The minimum absolute atomic E-state index is 0.0967. The third-order valence-electron chi connectivity index (χ3n) is 5.45. The topological polar surface area (TPSA) is 101 Å². The van der Waals surface area contributed by atoms with Crippen molar-refractivity contribution in [2.24, 2.45) is 0 Å². The molecule has 0 aliphatic rings. The average molecular weight is 524 g/mol. The quantitative estimate of drug-likeness (QED) is 0.209. The summed E-state index contributed by atoms with van der Waals surface area (Å²) in [5.41, 5.74) is 1.64. The maximum absolute atomic E-state index is 14.9. The molecule has 0 atom stereocenters. The van der Waals surface area contributed by atoms with E-state index in [2.05, 4.69) is 19.9 Å². The fraction of sp³-hybridized carbons (Fsp3) is 0.111. The van der Waals surface area contributed by atoms with E-state index in [1.54, 1.807) is 30.3 Å². The summed E-state index contributed by atoms with van der Waals surface area (Å²) >= 11 is 0. The van der Waals surface area contributed by atoms with Crippen LogP contribution in [0.4, 0.5) is 17.6 Å². The van der Waals surface area contributed by atoms with Crippen LogP contribution in [0.15, 0.2) is 73.1 Å². The largest absolute Gasteiger partial charge is 0.424 e. The number of H-pyrrole nitrogens is 1. The molecule has 0 aliphatic carbocycles. The van der Waals surface area contributed by atoms with Gasteiger partial charge in [-0.05, 0) is 53.6 Å². The first-order valence-electron chi connectivity index (χ1n) is 11.1. The molecule has 0 saturated heterocycles. The SMILES string of the molecule is CO.O=CCc1ccc(Oc2ncc(-c3ccc(-c4nc5ccc(C(F)(F)F)cc5[nH]4)c(F)c3)cn2)cc1. The van der Waals surface area contributed by atoms with Crippen molar-refractivity contribution in [3.8, 4) is 34.3 Å². The molecule has 0 aliphatic heterocycles. The van der Waals surface area contributed by atoms with Gasteiger partial charge in [0.2, 0.25) is 0 Å². The van der Waals surface area contributed by atoms with Crippen molar-refractivity contribution in [3.05, 3.63) is 90.0 Å². The Morgan fingerprint density at radius 1 is 0.947 bits per heavy atom.